The lowest BCUT2D eigenvalue weighted by Gasteiger charge is -2.43. The Hall–Kier alpha value is -3.36. The molecular formula is C25H29N5O3. The minimum atomic E-state index is -0.413. The van der Waals surface area contributed by atoms with E-state index in [1.165, 1.54) is 4.90 Å². The minimum Gasteiger partial charge on any atom is -0.497 e. The van der Waals surface area contributed by atoms with Crippen LogP contribution >= 0.6 is 0 Å². The second-order valence-electron chi connectivity index (χ2n) is 8.57. The Morgan fingerprint density at radius 1 is 1.06 bits per heavy atom. The molecule has 3 heterocycles. The maximum absolute atomic E-state index is 13.5. The number of hydrogen-bond acceptors (Lipinski definition) is 6. The Morgan fingerprint density at radius 3 is 2.55 bits per heavy atom. The fourth-order valence-corrected chi connectivity index (χ4v) is 4.98. The number of imide groups is 1. The van der Waals surface area contributed by atoms with Crippen LogP contribution in [0.4, 0.5) is 10.5 Å². The standard InChI is InChI=1S/C25H29N5O3/c1-27-22-21(23(31)30(25(27)32)15-6-10-18-8-4-3-5-9-18)29-17-7-16-28(24(29)26-22)19-11-13-20(33-2)14-12-19/h3-6,8-14,21-22,24,26H,7,15-17H2,1-2H3/b10-6+. The Kier molecular flexibility index (Phi) is 5.78. The van der Waals surface area contributed by atoms with E-state index >= 15 is 0 Å². The molecule has 0 spiro atoms. The van der Waals surface area contributed by atoms with Crippen LogP contribution in [0.5, 0.6) is 5.75 Å². The van der Waals surface area contributed by atoms with Gasteiger partial charge in [0, 0.05) is 32.4 Å². The molecule has 0 radical (unpaired) electrons. The van der Waals surface area contributed by atoms with Crippen molar-refractivity contribution in [2.24, 2.45) is 0 Å². The fourth-order valence-electron chi connectivity index (χ4n) is 4.98. The molecule has 8 nitrogen and oxygen atoms in total. The van der Waals surface area contributed by atoms with Crippen molar-refractivity contribution in [3.05, 3.63) is 66.2 Å². The number of methoxy groups -OCH3 is 1. The number of nitrogens with one attached hydrogen (secondary N) is 1. The lowest BCUT2D eigenvalue weighted by atomic mass is 10.1. The summed E-state index contributed by atoms with van der Waals surface area (Å²) in [7, 11) is 3.42. The van der Waals surface area contributed by atoms with Gasteiger partial charge in [0.1, 0.15) is 24.2 Å². The quantitative estimate of drug-likeness (QED) is 0.759. The number of benzene rings is 2. The van der Waals surface area contributed by atoms with Gasteiger partial charge in [0.25, 0.3) is 5.91 Å². The third-order valence-corrected chi connectivity index (χ3v) is 6.67. The molecule has 0 saturated carbocycles. The van der Waals surface area contributed by atoms with E-state index in [1.54, 1.807) is 19.1 Å². The van der Waals surface area contributed by atoms with Gasteiger partial charge in [-0.05, 0) is 36.2 Å². The minimum absolute atomic E-state index is 0.146. The van der Waals surface area contributed by atoms with Gasteiger partial charge in [-0.3, -0.25) is 19.9 Å². The summed E-state index contributed by atoms with van der Waals surface area (Å²) in [5, 5.41) is 3.55. The number of amides is 3. The van der Waals surface area contributed by atoms with Crippen LogP contribution in [0, 0.1) is 0 Å². The highest BCUT2D eigenvalue weighted by Gasteiger charge is 2.55. The van der Waals surface area contributed by atoms with Crippen molar-refractivity contribution < 1.29 is 14.3 Å². The summed E-state index contributed by atoms with van der Waals surface area (Å²) >= 11 is 0. The second-order valence-corrected chi connectivity index (χ2v) is 8.57. The number of likely N-dealkylation sites (N-methyl/N-ethyl adjacent to an activating group) is 1. The molecule has 172 valence electrons. The average Bonchev–Trinajstić information content (AvgIpc) is 3.26. The van der Waals surface area contributed by atoms with E-state index in [2.05, 4.69) is 15.1 Å². The van der Waals surface area contributed by atoms with Crippen LogP contribution in [0.3, 0.4) is 0 Å². The first-order valence-corrected chi connectivity index (χ1v) is 11.3. The van der Waals surface area contributed by atoms with E-state index in [-0.39, 0.29) is 30.9 Å². The normalized spacial score (nSPS) is 25.5. The first-order chi connectivity index (χ1) is 16.1. The van der Waals surface area contributed by atoms with Crippen LogP contribution in [-0.2, 0) is 4.79 Å². The molecule has 0 aliphatic carbocycles. The number of nitrogens with zero attached hydrogens (tertiary/aromatic N) is 4. The molecule has 1 N–H and O–H groups in total. The van der Waals surface area contributed by atoms with Crippen LogP contribution in [0.1, 0.15) is 12.0 Å². The van der Waals surface area contributed by atoms with E-state index in [1.807, 2.05) is 66.7 Å². The van der Waals surface area contributed by atoms with Gasteiger partial charge in [-0.15, -0.1) is 0 Å². The van der Waals surface area contributed by atoms with Crippen LogP contribution in [0.25, 0.3) is 6.08 Å². The predicted molar refractivity (Wildman–Crippen MR) is 127 cm³/mol. The molecular weight excluding hydrogens is 418 g/mol. The molecule has 3 aliphatic heterocycles. The van der Waals surface area contributed by atoms with Crippen molar-refractivity contribution in [3.8, 4) is 5.75 Å². The molecule has 3 aliphatic rings. The molecule has 0 aromatic heterocycles. The molecule has 2 aromatic rings. The molecule has 5 rings (SSSR count). The number of ether oxygens (including phenoxy) is 1. The molecule has 8 heteroatoms. The SMILES string of the molecule is COc1ccc(N2CCCN3C4C(=O)N(C/C=C/c5ccccc5)C(=O)N(C)C4NC23)cc1. The monoisotopic (exact) mass is 447 g/mol. The summed E-state index contributed by atoms with van der Waals surface area (Å²) in [5.41, 5.74) is 2.09. The molecule has 3 atom stereocenters. The second kappa shape index (κ2) is 8.88. The van der Waals surface area contributed by atoms with Crippen molar-refractivity contribution in [1.82, 2.24) is 20.0 Å². The Labute approximate surface area is 194 Å². The molecule has 3 fully saturated rings. The zero-order chi connectivity index (χ0) is 22.9. The van der Waals surface area contributed by atoms with Gasteiger partial charge in [-0.1, -0.05) is 42.5 Å². The van der Waals surface area contributed by atoms with Gasteiger partial charge in [0.15, 0.2) is 0 Å². The van der Waals surface area contributed by atoms with Crippen LogP contribution in [0.2, 0.25) is 0 Å². The van der Waals surface area contributed by atoms with Gasteiger partial charge < -0.3 is 14.5 Å². The number of fused-ring (bicyclic) bond motifs is 3. The van der Waals surface area contributed by atoms with Crippen molar-refractivity contribution in [2.75, 3.05) is 38.7 Å². The van der Waals surface area contributed by atoms with E-state index in [4.69, 9.17) is 4.74 Å². The summed E-state index contributed by atoms with van der Waals surface area (Å²) in [4.78, 5) is 34.0. The van der Waals surface area contributed by atoms with E-state index in [9.17, 15) is 9.59 Å². The van der Waals surface area contributed by atoms with Crippen LogP contribution in [0.15, 0.2) is 60.7 Å². The van der Waals surface area contributed by atoms with Crippen LogP contribution in [-0.4, -0.2) is 78.9 Å². The summed E-state index contributed by atoms with van der Waals surface area (Å²) in [6.07, 6.45) is 4.24. The Balaban J connectivity index is 1.36. The molecule has 33 heavy (non-hydrogen) atoms. The largest absolute Gasteiger partial charge is 0.497 e. The number of rotatable bonds is 5. The summed E-state index contributed by atoms with van der Waals surface area (Å²) in [6.45, 7) is 1.92. The average molecular weight is 448 g/mol. The maximum Gasteiger partial charge on any atom is 0.328 e. The van der Waals surface area contributed by atoms with Crippen molar-refractivity contribution in [3.63, 3.8) is 0 Å². The third-order valence-electron chi connectivity index (χ3n) is 6.67. The Morgan fingerprint density at radius 2 is 1.82 bits per heavy atom. The zero-order valence-corrected chi connectivity index (χ0v) is 18.9. The maximum atomic E-state index is 13.5. The highest BCUT2D eigenvalue weighted by molar-refractivity contribution is 6.00. The number of anilines is 1. The van der Waals surface area contributed by atoms with E-state index in [0.29, 0.717) is 0 Å². The first-order valence-electron chi connectivity index (χ1n) is 11.3. The summed E-state index contributed by atoms with van der Waals surface area (Å²) in [5.74, 6) is 0.660. The van der Waals surface area contributed by atoms with Gasteiger partial charge in [0.05, 0.1) is 7.11 Å². The topological polar surface area (TPSA) is 68.4 Å². The zero-order valence-electron chi connectivity index (χ0n) is 18.9. The van der Waals surface area contributed by atoms with Gasteiger partial charge in [0.2, 0.25) is 0 Å². The number of carbonyl (C=O) groups excluding carboxylic acids is 2. The number of hydrogen-bond donors (Lipinski definition) is 1. The van der Waals surface area contributed by atoms with Gasteiger partial charge in [-0.25, -0.2) is 4.79 Å². The van der Waals surface area contributed by atoms with Crippen molar-refractivity contribution >= 4 is 23.7 Å². The molecule has 2 aromatic carbocycles. The summed E-state index contributed by atoms with van der Waals surface area (Å²) < 4.78 is 5.29. The molecule has 3 saturated heterocycles. The lowest BCUT2D eigenvalue weighted by Crippen LogP contribution is -2.66. The smallest absolute Gasteiger partial charge is 0.328 e. The molecule has 3 amide bonds. The lowest BCUT2D eigenvalue weighted by molar-refractivity contribution is -0.138. The highest BCUT2D eigenvalue weighted by Crippen LogP contribution is 2.33. The highest BCUT2D eigenvalue weighted by atomic mass is 16.5. The van der Waals surface area contributed by atoms with E-state index in [0.717, 1.165) is 36.5 Å². The summed E-state index contributed by atoms with van der Waals surface area (Å²) in [6, 6.07) is 17.1. The first kappa shape index (κ1) is 21.5. The molecule has 3 unspecified atom stereocenters. The fraction of sp³-hybridized carbons (Fsp3) is 0.360. The van der Waals surface area contributed by atoms with Gasteiger partial charge in [-0.2, -0.15) is 0 Å². The Bertz CT molecular complexity index is 1040. The van der Waals surface area contributed by atoms with Crippen molar-refractivity contribution in [2.45, 2.75) is 24.9 Å². The number of urea groups is 1. The van der Waals surface area contributed by atoms with E-state index < -0.39 is 6.04 Å². The van der Waals surface area contributed by atoms with Crippen molar-refractivity contribution in [1.29, 1.82) is 0 Å². The number of carbonyl (C=O) groups is 2. The van der Waals surface area contributed by atoms with Gasteiger partial charge >= 0.3 is 6.03 Å². The predicted octanol–water partition coefficient (Wildman–Crippen LogP) is 2.40. The molecule has 0 bridgehead atoms. The van der Waals surface area contributed by atoms with Crippen LogP contribution < -0.4 is 15.0 Å². The third kappa shape index (κ3) is 3.85.